The Balaban J connectivity index is 2.17. The summed E-state index contributed by atoms with van der Waals surface area (Å²) in [5.74, 6) is 1.34. The first-order valence-corrected chi connectivity index (χ1v) is 4.40. The zero-order valence-corrected chi connectivity index (χ0v) is 6.77. The number of hydrogen-bond donors (Lipinski definition) is 0. The number of benzene rings is 1. The molecule has 0 bridgehead atoms. The Morgan fingerprint density at radius 1 is 0.750 bits per heavy atom. The maximum absolute atomic E-state index is 2.30. The molecule has 0 aromatic heterocycles. The fraction of sp³-hybridized carbons (Fsp3) is 0.167. The minimum atomic E-state index is 0.672. The van der Waals surface area contributed by atoms with Crippen LogP contribution in [0.4, 0.5) is 0 Å². The van der Waals surface area contributed by atoms with Crippen molar-refractivity contribution in [2.75, 3.05) is 0 Å². The Morgan fingerprint density at radius 2 is 1.25 bits per heavy atom. The van der Waals surface area contributed by atoms with Gasteiger partial charge in [-0.15, -0.1) is 0 Å². The second-order valence-corrected chi connectivity index (χ2v) is 3.45. The van der Waals surface area contributed by atoms with E-state index in [2.05, 4.69) is 48.6 Å². The van der Waals surface area contributed by atoms with Gasteiger partial charge in [0.15, 0.2) is 0 Å². The summed E-state index contributed by atoms with van der Waals surface area (Å²) < 4.78 is 0. The zero-order chi connectivity index (χ0) is 7.97. The minimum Gasteiger partial charge on any atom is -0.0761 e. The van der Waals surface area contributed by atoms with E-state index in [1.165, 1.54) is 11.1 Å². The van der Waals surface area contributed by atoms with Crippen LogP contribution in [0.1, 0.15) is 23.0 Å². The highest BCUT2D eigenvalue weighted by atomic mass is 14.4. The second kappa shape index (κ2) is 2.10. The molecule has 0 aliphatic heterocycles. The Morgan fingerprint density at radius 3 is 1.75 bits per heavy atom. The first-order chi connectivity index (χ1) is 5.97. The summed E-state index contributed by atoms with van der Waals surface area (Å²) in [6.07, 6.45) is 8.90. The van der Waals surface area contributed by atoms with Gasteiger partial charge in [-0.1, -0.05) is 48.6 Å². The van der Waals surface area contributed by atoms with Crippen molar-refractivity contribution in [3.8, 4) is 0 Å². The molecule has 1 aromatic carbocycles. The van der Waals surface area contributed by atoms with Crippen LogP contribution in [0.15, 0.2) is 48.6 Å². The van der Waals surface area contributed by atoms with Crippen LogP contribution in [0, 0.1) is 0 Å². The summed E-state index contributed by atoms with van der Waals surface area (Å²) >= 11 is 0. The molecule has 0 saturated carbocycles. The molecule has 1 aromatic rings. The molecule has 2 atom stereocenters. The molecule has 0 N–H and O–H groups in total. The molecule has 0 nitrogen and oxygen atoms in total. The zero-order valence-electron chi connectivity index (χ0n) is 6.77. The summed E-state index contributed by atoms with van der Waals surface area (Å²) in [6.45, 7) is 0. The molecule has 0 amide bonds. The van der Waals surface area contributed by atoms with Crippen molar-refractivity contribution < 1.29 is 0 Å². The molecule has 12 heavy (non-hydrogen) atoms. The van der Waals surface area contributed by atoms with Gasteiger partial charge in [0.25, 0.3) is 0 Å². The van der Waals surface area contributed by atoms with E-state index >= 15 is 0 Å². The lowest BCUT2D eigenvalue weighted by Gasteiger charge is -2.37. The van der Waals surface area contributed by atoms with Crippen LogP contribution in [0.3, 0.4) is 0 Å². The lowest BCUT2D eigenvalue weighted by molar-refractivity contribution is 0.637. The molecule has 0 fully saturated rings. The van der Waals surface area contributed by atoms with E-state index in [9.17, 15) is 0 Å². The van der Waals surface area contributed by atoms with Crippen molar-refractivity contribution >= 4 is 0 Å². The van der Waals surface area contributed by atoms with Gasteiger partial charge < -0.3 is 0 Å². The predicted octanol–water partition coefficient (Wildman–Crippen LogP) is 2.99. The van der Waals surface area contributed by atoms with Crippen LogP contribution < -0.4 is 0 Å². The van der Waals surface area contributed by atoms with Crippen molar-refractivity contribution in [2.24, 2.45) is 0 Å². The average Bonchev–Trinajstić information content (AvgIpc) is 2.14. The number of allylic oxidation sites excluding steroid dienone is 4. The van der Waals surface area contributed by atoms with Gasteiger partial charge in [0.2, 0.25) is 0 Å². The molecule has 3 rings (SSSR count). The fourth-order valence-corrected chi connectivity index (χ4v) is 2.22. The van der Waals surface area contributed by atoms with E-state index in [1.54, 1.807) is 0 Å². The first kappa shape index (κ1) is 6.24. The largest absolute Gasteiger partial charge is 0.0761 e. The average molecular weight is 154 g/mol. The van der Waals surface area contributed by atoms with Gasteiger partial charge >= 0.3 is 0 Å². The van der Waals surface area contributed by atoms with Gasteiger partial charge in [-0.3, -0.25) is 0 Å². The summed E-state index contributed by atoms with van der Waals surface area (Å²) in [7, 11) is 0. The van der Waals surface area contributed by atoms with Gasteiger partial charge in [-0.25, -0.2) is 0 Å². The third kappa shape index (κ3) is 0.626. The predicted molar refractivity (Wildman–Crippen MR) is 50.2 cm³/mol. The summed E-state index contributed by atoms with van der Waals surface area (Å²) in [5, 5.41) is 0. The van der Waals surface area contributed by atoms with Crippen LogP contribution in [0.2, 0.25) is 0 Å². The van der Waals surface area contributed by atoms with Gasteiger partial charge in [0.05, 0.1) is 0 Å². The molecule has 2 aliphatic rings. The molecule has 0 heteroatoms. The topological polar surface area (TPSA) is 0 Å². The van der Waals surface area contributed by atoms with Gasteiger partial charge in [0, 0.05) is 11.8 Å². The number of fused-ring (bicyclic) bond motifs is 4. The van der Waals surface area contributed by atoms with E-state index in [0.717, 1.165) is 0 Å². The molecule has 0 saturated heterocycles. The molecule has 0 heterocycles. The molecule has 0 radical (unpaired) electrons. The highest BCUT2D eigenvalue weighted by Crippen LogP contribution is 2.49. The quantitative estimate of drug-likeness (QED) is 0.539. The maximum atomic E-state index is 2.30. The third-order valence-electron chi connectivity index (χ3n) is 2.85. The normalized spacial score (nSPS) is 29.0. The molecule has 58 valence electrons. The highest BCUT2D eigenvalue weighted by Gasteiger charge is 2.33. The van der Waals surface area contributed by atoms with E-state index in [4.69, 9.17) is 0 Å². The Kier molecular flexibility index (Phi) is 1.09. The van der Waals surface area contributed by atoms with Crippen molar-refractivity contribution in [1.29, 1.82) is 0 Å². The third-order valence-corrected chi connectivity index (χ3v) is 2.85. The Hall–Kier alpha value is -1.30. The Bertz CT molecular complexity index is 334. The van der Waals surface area contributed by atoms with Crippen molar-refractivity contribution in [2.45, 2.75) is 11.8 Å². The molecule has 1 unspecified atom stereocenters. The van der Waals surface area contributed by atoms with Crippen LogP contribution in [0.5, 0.6) is 0 Å². The van der Waals surface area contributed by atoms with E-state index in [0.29, 0.717) is 11.8 Å². The number of hydrogen-bond acceptors (Lipinski definition) is 0. The first-order valence-electron chi connectivity index (χ1n) is 4.40. The fourth-order valence-electron chi connectivity index (χ4n) is 2.22. The highest BCUT2D eigenvalue weighted by molar-refractivity contribution is 5.52. The summed E-state index contributed by atoms with van der Waals surface area (Å²) in [4.78, 5) is 0. The molecule has 2 aliphatic carbocycles. The summed E-state index contributed by atoms with van der Waals surface area (Å²) in [5.41, 5.74) is 3.03. The lowest BCUT2D eigenvalue weighted by atomic mass is 9.66. The van der Waals surface area contributed by atoms with E-state index < -0.39 is 0 Å². The Labute approximate surface area is 72.2 Å². The lowest BCUT2D eigenvalue weighted by Crippen LogP contribution is -2.22. The minimum absolute atomic E-state index is 0.672. The molecular formula is C12H10. The van der Waals surface area contributed by atoms with E-state index in [1.807, 2.05) is 0 Å². The van der Waals surface area contributed by atoms with Crippen LogP contribution in [0.25, 0.3) is 0 Å². The smallest absolute Gasteiger partial charge is 0.0128 e. The standard InChI is InChI=1S/C12H10/c1-2-6-10-9(5-1)11-7-3-4-8-12(10)11/h1-10H/t9-,10?/m0/s1. The number of rotatable bonds is 0. The van der Waals surface area contributed by atoms with Crippen molar-refractivity contribution in [3.63, 3.8) is 0 Å². The van der Waals surface area contributed by atoms with Crippen LogP contribution in [-0.4, -0.2) is 0 Å². The van der Waals surface area contributed by atoms with Gasteiger partial charge in [0.1, 0.15) is 0 Å². The van der Waals surface area contributed by atoms with Gasteiger partial charge in [-0.2, -0.15) is 0 Å². The van der Waals surface area contributed by atoms with Crippen molar-refractivity contribution in [3.05, 3.63) is 59.7 Å². The SMILES string of the molecule is C1=CC2c3ccccc3[C@H]2C=C1. The van der Waals surface area contributed by atoms with Crippen LogP contribution >= 0.6 is 0 Å². The molecule has 0 spiro atoms. The van der Waals surface area contributed by atoms with E-state index in [-0.39, 0.29) is 0 Å². The molecular weight excluding hydrogens is 144 g/mol. The van der Waals surface area contributed by atoms with Crippen molar-refractivity contribution in [1.82, 2.24) is 0 Å². The van der Waals surface area contributed by atoms with Gasteiger partial charge in [-0.05, 0) is 11.1 Å². The maximum Gasteiger partial charge on any atom is 0.0128 e. The second-order valence-electron chi connectivity index (χ2n) is 3.45. The summed E-state index contributed by atoms with van der Waals surface area (Å²) in [6, 6.07) is 8.72. The van der Waals surface area contributed by atoms with Crippen LogP contribution in [-0.2, 0) is 0 Å². The monoisotopic (exact) mass is 154 g/mol.